The number of amides is 1. The summed E-state index contributed by atoms with van der Waals surface area (Å²) in [7, 11) is 2.22. The summed E-state index contributed by atoms with van der Waals surface area (Å²) in [6, 6.07) is -0.941. The Morgan fingerprint density at radius 2 is 1.84 bits per heavy atom. The first-order valence-corrected chi connectivity index (χ1v) is 5.61. The van der Waals surface area contributed by atoms with Crippen molar-refractivity contribution in [3.8, 4) is 0 Å². The van der Waals surface area contributed by atoms with Gasteiger partial charge >= 0.3 is 23.6 Å². The molecule has 19 heavy (non-hydrogen) atoms. The lowest BCUT2D eigenvalue weighted by Gasteiger charge is -2.20. The Morgan fingerprint density at radius 1 is 1.26 bits per heavy atom. The van der Waals surface area contributed by atoms with Crippen molar-refractivity contribution < 1.29 is 28.6 Å². The van der Waals surface area contributed by atoms with Gasteiger partial charge < -0.3 is 20.3 Å². The number of methoxy groups -OCH3 is 2. The lowest BCUT2D eigenvalue weighted by Crippen LogP contribution is -2.49. The molecule has 0 rings (SSSR count). The van der Waals surface area contributed by atoms with E-state index in [9.17, 15) is 14.4 Å². The van der Waals surface area contributed by atoms with Crippen LogP contribution in [0.3, 0.4) is 0 Å². The lowest BCUT2D eigenvalue weighted by atomic mass is 9.99. The third kappa shape index (κ3) is 4.51. The molecule has 8 heteroatoms. The number of carbonyl (C=O) groups excluding carboxylic acids is 3. The number of hydrogen-bond donors (Lipinski definition) is 1. The second kappa shape index (κ2) is 7.99. The predicted octanol–water partition coefficient (Wildman–Crippen LogP) is -0.466. The molecule has 2 atom stereocenters. The van der Waals surface area contributed by atoms with Crippen LogP contribution >= 0.6 is 0 Å². The Hall–Kier alpha value is -2.21. The van der Waals surface area contributed by atoms with E-state index in [1.54, 1.807) is 6.92 Å². The molecule has 0 aromatic heterocycles. The van der Waals surface area contributed by atoms with Gasteiger partial charge in [0.15, 0.2) is 0 Å². The molecule has 0 radical (unpaired) electrons. The first kappa shape index (κ1) is 16.8. The van der Waals surface area contributed by atoms with Crippen LogP contribution in [0.15, 0.2) is 0 Å². The average molecular weight is 271 g/mol. The van der Waals surface area contributed by atoms with Crippen molar-refractivity contribution in [2.75, 3.05) is 14.2 Å². The van der Waals surface area contributed by atoms with Gasteiger partial charge in [-0.05, 0) is 5.92 Å². The second-order valence-electron chi connectivity index (χ2n) is 3.80. The van der Waals surface area contributed by atoms with Crippen LogP contribution in [-0.2, 0) is 23.9 Å². The number of ether oxygens (including phenoxy) is 2. The summed E-state index contributed by atoms with van der Waals surface area (Å²) in [5.74, 6) is -2.98. The van der Waals surface area contributed by atoms with Gasteiger partial charge in [-0.2, -0.15) is 4.79 Å². The quantitative estimate of drug-likeness (QED) is 0.230. The van der Waals surface area contributed by atoms with E-state index in [4.69, 9.17) is 5.53 Å². The SMILES string of the molecule is CC[C@@H](C)[C@H](NC(=O)C(=[N+]=[N-])C(=O)OC)C(=O)OC. The Kier molecular flexibility index (Phi) is 7.06. The van der Waals surface area contributed by atoms with Crippen molar-refractivity contribution in [1.29, 1.82) is 0 Å². The maximum atomic E-state index is 11.7. The minimum absolute atomic E-state index is 0.214. The molecule has 0 fully saturated rings. The van der Waals surface area contributed by atoms with E-state index in [-0.39, 0.29) is 5.92 Å². The third-order valence-electron chi connectivity index (χ3n) is 2.65. The Morgan fingerprint density at radius 3 is 2.21 bits per heavy atom. The number of rotatable bonds is 6. The average Bonchev–Trinajstić information content (AvgIpc) is 2.43. The molecular formula is C11H17N3O5. The standard InChI is InChI=1S/C11H17N3O5/c1-5-6(2)7(10(16)18-3)13-9(15)8(14-12)11(17)19-4/h6-7H,5H2,1-4H3,(H,13,15)/t6-,7+/m1/s1. The largest absolute Gasteiger partial charge is 0.467 e. The summed E-state index contributed by atoms with van der Waals surface area (Å²) in [5, 5.41) is 2.28. The van der Waals surface area contributed by atoms with Gasteiger partial charge in [-0.25, -0.2) is 9.59 Å². The fraction of sp³-hybridized carbons (Fsp3) is 0.636. The number of esters is 2. The maximum absolute atomic E-state index is 11.7. The highest BCUT2D eigenvalue weighted by atomic mass is 16.5. The van der Waals surface area contributed by atoms with Crippen molar-refractivity contribution in [3.05, 3.63) is 5.53 Å². The number of carbonyl (C=O) groups is 3. The summed E-state index contributed by atoms with van der Waals surface area (Å²) < 4.78 is 8.84. The molecule has 0 heterocycles. The van der Waals surface area contributed by atoms with Crippen molar-refractivity contribution in [2.45, 2.75) is 26.3 Å². The Labute approximate surface area is 110 Å². The van der Waals surface area contributed by atoms with E-state index in [2.05, 4.69) is 19.6 Å². The van der Waals surface area contributed by atoms with Crippen LogP contribution in [0.1, 0.15) is 20.3 Å². The zero-order chi connectivity index (χ0) is 15.0. The number of hydrogen-bond acceptors (Lipinski definition) is 5. The topological polar surface area (TPSA) is 118 Å². The minimum atomic E-state index is -1.10. The van der Waals surface area contributed by atoms with Gasteiger partial charge in [0.1, 0.15) is 6.04 Å². The zero-order valence-electron chi connectivity index (χ0n) is 11.3. The molecule has 0 unspecified atom stereocenters. The van der Waals surface area contributed by atoms with Gasteiger partial charge in [-0.3, -0.25) is 4.79 Å². The van der Waals surface area contributed by atoms with E-state index in [1.807, 2.05) is 6.92 Å². The van der Waals surface area contributed by atoms with Crippen LogP contribution in [-0.4, -0.2) is 48.6 Å². The molecular weight excluding hydrogens is 254 g/mol. The molecule has 0 saturated heterocycles. The van der Waals surface area contributed by atoms with Crippen LogP contribution in [0.25, 0.3) is 5.53 Å². The molecule has 8 nitrogen and oxygen atoms in total. The fourth-order valence-electron chi connectivity index (χ4n) is 1.28. The van der Waals surface area contributed by atoms with E-state index in [1.165, 1.54) is 7.11 Å². The molecule has 0 aromatic carbocycles. The van der Waals surface area contributed by atoms with Crippen LogP contribution in [0.5, 0.6) is 0 Å². The van der Waals surface area contributed by atoms with Crippen LogP contribution in [0, 0.1) is 5.92 Å². The summed E-state index contributed by atoms with van der Waals surface area (Å²) in [6.07, 6.45) is 0.601. The zero-order valence-corrected chi connectivity index (χ0v) is 11.3. The van der Waals surface area contributed by atoms with E-state index < -0.39 is 29.6 Å². The van der Waals surface area contributed by atoms with E-state index >= 15 is 0 Å². The van der Waals surface area contributed by atoms with Gasteiger partial charge in [0.05, 0.1) is 14.2 Å². The van der Waals surface area contributed by atoms with Crippen LogP contribution in [0.2, 0.25) is 0 Å². The van der Waals surface area contributed by atoms with Crippen molar-refractivity contribution in [1.82, 2.24) is 5.32 Å². The molecule has 1 N–H and O–H groups in total. The van der Waals surface area contributed by atoms with Crippen molar-refractivity contribution >= 4 is 23.6 Å². The molecule has 0 aliphatic heterocycles. The molecule has 0 spiro atoms. The smallest absolute Gasteiger partial charge is 0.462 e. The molecule has 1 amide bonds. The van der Waals surface area contributed by atoms with Crippen LogP contribution < -0.4 is 5.32 Å². The van der Waals surface area contributed by atoms with Gasteiger partial charge in [-0.15, -0.1) is 0 Å². The minimum Gasteiger partial charge on any atom is -0.467 e. The molecule has 0 aliphatic carbocycles. The van der Waals surface area contributed by atoms with Gasteiger partial charge in [0.2, 0.25) is 0 Å². The normalized spacial score (nSPS) is 12.6. The molecule has 0 aliphatic rings. The third-order valence-corrected chi connectivity index (χ3v) is 2.65. The summed E-state index contributed by atoms with van der Waals surface area (Å²) in [6.45, 7) is 3.56. The molecule has 0 saturated carbocycles. The van der Waals surface area contributed by atoms with E-state index in [0.717, 1.165) is 7.11 Å². The molecule has 0 aromatic rings. The number of nitrogens with zero attached hydrogens (tertiary/aromatic N) is 2. The highest BCUT2D eigenvalue weighted by Crippen LogP contribution is 2.09. The van der Waals surface area contributed by atoms with Crippen molar-refractivity contribution in [2.24, 2.45) is 5.92 Å². The second-order valence-corrected chi connectivity index (χ2v) is 3.80. The summed E-state index contributed by atoms with van der Waals surface area (Å²) >= 11 is 0. The lowest BCUT2D eigenvalue weighted by molar-refractivity contribution is -0.147. The molecule has 106 valence electrons. The summed E-state index contributed by atoms with van der Waals surface area (Å²) in [5.41, 5.74) is 7.78. The maximum Gasteiger partial charge on any atom is 0.462 e. The first-order chi connectivity index (χ1) is 8.92. The number of nitrogens with one attached hydrogen (secondary N) is 1. The van der Waals surface area contributed by atoms with Gasteiger partial charge in [0.25, 0.3) is 0 Å². The highest BCUT2D eigenvalue weighted by Gasteiger charge is 2.35. The van der Waals surface area contributed by atoms with Crippen LogP contribution in [0.4, 0.5) is 0 Å². The van der Waals surface area contributed by atoms with Gasteiger partial charge in [-0.1, -0.05) is 20.3 Å². The summed E-state index contributed by atoms with van der Waals surface area (Å²) in [4.78, 5) is 37.0. The Balaban J connectivity index is 5.05. The first-order valence-electron chi connectivity index (χ1n) is 5.61. The fourth-order valence-corrected chi connectivity index (χ4v) is 1.28. The van der Waals surface area contributed by atoms with E-state index in [0.29, 0.717) is 6.42 Å². The monoisotopic (exact) mass is 271 g/mol. The Bertz CT molecular complexity index is 415. The highest BCUT2D eigenvalue weighted by molar-refractivity contribution is 6.61. The van der Waals surface area contributed by atoms with Gasteiger partial charge in [0, 0.05) is 0 Å². The van der Waals surface area contributed by atoms with Crippen molar-refractivity contribution in [3.63, 3.8) is 0 Å². The molecule has 0 bridgehead atoms. The predicted molar refractivity (Wildman–Crippen MR) is 64.0 cm³/mol.